The molecule has 0 bridgehead atoms. The first-order valence-electron chi connectivity index (χ1n) is 8.73. The summed E-state index contributed by atoms with van der Waals surface area (Å²) in [5.41, 5.74) is 2.42. The van der Waals surface area contributed by atoms with Crippen LogP contribution in [0.25, 0.3) is 0 Å². The summed E-state index contributed by atoms with van der Waals surface area (Å²) in [5.74, 6) is 13.5. The van der Waals surface area contributed by atoms with Crippen LogP contribution in [0.1, 0.15) is 52.7 Å². The van der Waals surface area contributed by atoms with Gasteiger partial charge in [-0.15, -0.1) is 0 Å². The van der Waals surface area contributed by atoms with Crippen molar-refractivity contribution in [3.63, 3.8) is 0 Å². The van der Waals surface area contributed by atoms with E-state index in [-0.39, 0.29) is 10.8 Å². The molecular weight excluding hydrogens is 446 g/mol. The van der Waals surface area contributed by atoms with Gasteiger partial charge in [0.2, 0.25) is 0 Å². The first-order valence-corrected chi connectivity index (χ1v) is 14.8. The normalized spacial score (nSPS) is 11.2. The minimum absolute atomic E-state index is 0.0282. The first kappa shape index (κ1) is 20.9. The van der Waals surface area contributed by atoms with Gasteiger partial charge in [-0.25, -0.2) is 0 Å². The van der Waals surface area contributed by atoms with Crippen LogP contribution in [-0.4, -0.2) is 26.3 Å². The molecule has 0 aromatic heterocycles. The second-order valence-electron chi connectivity index (χ2n) is 8.16. The average Bonchev–Trinajstić information content (AvgIpc) is 2.56. The predicted octanol–water partition coefficient (Wildman–Crippen LogP) is 3.76. The third-order valence-electron chi connectivity index (χ3n) is 3.14. The van der Waals surface area contributed by atoms with Crippen molar-refractivity contribution in [2.75, 3.05) is 0 Å². The van der Waals surface area contributed by atoms with E-state index < -0.39 is 0 Å². The molecule has 0 aliphatic carbocycles. The molecule has 0 N–H and O–H groups in total. The molecule has 0 nitrogen and oxygen atoms in total. The van der Waals surface area contributed by atoms with Crippen molar-refractivity contribution in [1.29, 1.82) is 0 Å². The maximum absolute atomic E-state index is 3.40. The van der Waals surface area contributed by atoms with E-state index in [2.05, 4.69) is 114 Å². The Balaban J connectivity index is 2.23. The summed E-state index contributed by atoms with van der Waals surface area (Å²) in [6.45, 7) is 12.9. The van der Waals surface area contributed by atoms with Crippen molar-refractivity contribution in [1.82, 2.24) is 0 Å². The van der Waals surface area contributed by atoms with Gasteiger partial charge in [0.05, 0.1) is 0 Å². The van der Waals surface area contributed by atoms with Gasteiger partial charge in [0.15, 0.2) is 0 Å². The quantitative estimate of drug-likeness (QED) is 0.472. The van der Waals surface area contributed by atoms with Crippen LogP contribution < -0.4 is 8.92 Å². The van der Waals surface area contributed by atoms with Crippen molar-refractivity contribution in [3.05, 3.63) is 59.7 Å². The Hall–Kier alpha value is -1.40. The molecular formula is C24H26Se2. The van der Waals surface area contributed by atoms with Crippen molar-refractivity contribution in [2.24, 2.45) is 10.8 Å². The average molecular weight is 472 g/mol. The van der Waals surface area contributed by atoms with Gasteiger partial charge in [0.25, 0.3) is 0 Å². The summed E-state index contributed by atoms with van der Waals surface area (Å²) in [7, 11) is 0. The van der Waals surface area contributed by atoms with Crippen molar-refractivity contribution in [2.45, 2.75) is 41.5 Å². The summed E-state index contributed by atoms with van der Waals surface area (Å²) < 4.78 is 2.80. The Morgan fingerprint density at radius 2 is 0.923 bits per heavy atom. The Morgan fingerprint density at radius 3 is 1.27 bits per heavy atom. The molecule has 0 saturated carbocycles. The Kier molecular flexibility index (Phi) is 7.23. The minimum atomic E-state index is 0.0282. The maximum atomic E-state index is 3.40. The number of benzene rings is 2. The van der Waals surface area contributed by atoms with Crippen LogP contribution in [0.5, 0.6) is 0 Å². The Morgan fingerprint density at radius 1 is 0.577 bits per heavy atom. The zero-order valence-electron chi connectivity index (χ0n) is 16.4. The molecule has 0 unspecified atom stereocenters. The molecule has 2 aromatic rings. The molecule has 26 heavy (non-hydrogen) atoms. The van der Waals surface area contributed by atoms with Crippen LogP contribution in [0.2, 0.25) is 0 Å². The summed E-state index contributed by atoms with van der Waals surface area (Å²) in [4.78, 5) is 0. The van der Waals surface area contributed by atoms with Gasteiger partial charge in [0, 0.05) is 0 Å². The molecule has 0 amide bonds. The molecule has 2 rings (SSSR count). The van der Waals surface area contributed by atoms with Gasteiger partial charge >= 0.3 is 171 Å². The fourth-order valence-corrected chi connectivity index (χ4v) is 8.83. The first-order chi connectivity index (χ1) is 12.1. The van der Waals surface area contributed by atoms with Crippen LogP contribution in [-0.2, 0) is 0 Å². The predicted molar refractivity (Wildman–Crippen MR) is 116 cm³/mol. The van der Waals surface area contributed by atoms with E-state index >= 15 is 0 Å². The zero-order chi connectivity index (χ0) is 19.2. The summed E-state index contributed by atoms with van der Waals surface area (Å²) in [6.07, 6.45) is 0. The zero-order valence-corrected chi connectivity index (χ0v) is 19.9. The molecule has 2 heteroatoms. The van der Waals surface area contributed by atoms with Gasteiger partial charge in [-0.2, -0.15) is 0 Å². The third-order valence-corrected chi connectivity index (χ3v) is 10.4. The van der Waals surface area contributed by atoms with E-state index in [9.17, 15) is 0 Å². The molecule has 0 saturated heterocycles. The van der Waals surface area contributed by atoms with Crippen LogP contribution in [0.15, 0.2) is 48.5 Å². The molecule has 0 spiro atoms. The van der Waals surface area contributed by atoms with Gasteiger partial charge in [-0.1, -0.05) is 0 Å². The van der Waals surface area contributed by atoms with E-state index in [0.29, 0.717) is 26.3 Å². The molecule has 0 radical (unpaired) electrons. The van der Waals surface area contributed by atoms with E-state index in [0.717, 1.165) is 0 Å². The molecule has 0 aliphatic heterocycles. The molecule has 0 atom stereocenters. The molecule has 0 heterocycles. The molecule has 0 fully saturated rings. The van der Waals surface area contributed by atoms with Gasteiger partial charge in [-0.05, 0) is 0 Å². The van der Waals surface area contributed by atoms with E-state index in [1.807, 2.05) is 0 Å². The monoisotopic (exact) mass is 474 g/mol. The fourth-order valence-electron chi connectivity index (χ4n) is 1.88. The van der Waals surface area contributed by atoms with Crippen LogP contribution in [0.3, 0.4) is 0 Å². The van der Waals surface area contributed by atoms with Gasteiger partial charge < -0.3 is 0 Å². The Labute approximate surface area is 170 Å². The third kappa shape index (κ3) is 7.46. The molecule has 134 valence electrons. The second-order valence-corrected chi connectivity index (χ2v) is 14.3. The summed E-state index contributed by atoms with van der Waals surface area (Å²) in [5, 5.41) is 0. The molecule has 0 aliphatic rings. The van der Waals surface area contributed by atoms with E-state index in [1.54, 1.807) is 0 Å². The number of hydrogen-bond donors (Lipinski definition) is 0. The Bertz CT molecular complexity index is 797. The fraction of sp³-hybridized carbons (Fsp3) is 0.333. The SMILES string of the molecule is CC(C)(C)C#Cc1ccccc1[Se][Se]c1ccccc1C#CC(C)(C)C. The standard InChI is InChI=1S/C24H26Se2/c1-23(2,3)17-15-19-11-7-9-13-21(19)25-26-22-14-10-8-12-20(22)16-18-24(4,5)6/h7-14H,1-6H3. The van der Waals surface area contributed by atoms with E-state index in [1.165, 1.54) is 20.1 Å². The van der Waals surface area contributed by atoms with Crippen LogP contribution >= 0.6 is 0 Å². The van der Waals surface area contributed by atoms with Gasteiger partial charge in [-0.3, -0.25) is 0 Å². The van der Waals surface area contributed by atoms with E-state index in [4.69, 9.17) is 0 Å². The van der Waals surface area contributed by atoms with Gasteiger partial charge in [0.1, 0.15) is 0 Å². The van der Waals surface area contributed by atoms with Crippen molar-refractivity contribution < 1.29 is 0 Å². The number of hydrogen-bond acceptors (Lipinski definition) is 0. The topological polar surface area (TPSA) is 0 Å². The van der Waals surface area contributed by atoms with Crippen molar-refractivity contribution in [3.8, 4) is 23.7 Å². The second kappa shape index (κ2) is 9.00. The number of rotatable bonds is 3. The summed E-state index contributed by atoms with van der Waals surface area (Å²) in [6, 6.07) is 17.2. The van der Waals surface area contributed by atoms with Crippen molar-refractivity contribution >= 4 is 35.2 Å². The van der Waals surface area contributed by atoms with Crippen LogP contribution in [0, 0.1) is 34.5 Å². The summed E-state index contributed by atoms with van der Waals surface area (Å²) >= 11 is 0.797. The van der Waals surface area contributed by atoms with Crippen LogP contribution in [0.4, 0.5) is 0 Å². The molecule has 2 aromatic carbocycles.